The molecule has 4 rings (SSSR count). The molecule has 5 nitrogen and oxygen atoms in total. The maximum absolute atomic E-state index is 13.3. The number of halogens is 1. The Morgan fingerprint density at radius 3 is 2.31 bits per heavy atom. The zero-order valence-electron chi connectivity index (χ0n) is 16.5. The summed E-state index contributed by atoms with van der Waals surface area (Å²) >= 11 is 6.75. The Balaban J connectivity index is 1.69. The summed E-state index contributed by atoms with van der Waals surface area (Å²) in [5, 5.41) is 3.01. The molecule has 0 aliphatic carbocycles. The fourth-order valence-electron chi connectivity index (χ4n) is 3.33. The van der Waals surface area contributed by atoms with Crippen molar-refractivity contribution >= 4 is 55.9 Å². The standard InChI is InChI=1S/C22H23ClN4OSe/c1-25(2)18-7-3-16(4-8-18)15-20-21(28)27(19-9-5-17(23)6-10-19)22(24-20)26-11-13-29-14-12-26/h3-10,15H,11-14H2,1-2H3/b20-15-. The fraction of sp³-hybridized carbons (Fsp3) is 0.273. The van der Waals surface area contributed by atoms with Gasteiger partial charge in [-0.15, -0.1) is 0 Å². The van der Waals surface area contributed by atoms with E-state index in [2.05, 4.69) is 4.90 Å². The summed E-state index contributed by atoms with van der Waals surface area (Å²) in [6.07, 6.45) is 1.87. The van der Waals surface area contributed by atoms with Gasteiger partial charge in [0.1, 0.15) is 0 Å². The van der Waals surface area contributed by atoms with E-state index >= 15 is 0 Å². The summed E-state index contributed by atoms with van der Waals surface area (Å²) in [4.78, 5) is 24.1. The zero-order valence-corrected chi connectivity index (χ0v) is 19.0. The molecule has 1 amide bonds. The molecule has 2 heterocycles. The predicted molar refractivity (Wildman–Crippen MR) is 122 cm³/mol. The van der Waals surface area contributed by atoms with Crippen molar-refractivity contribution in [2.75, 3.05) is 37.0 Å². The number of guanidine groups is 1. The average molecular weight is 474 g/mol. The van der Waals surface area contributed by atoms with Crippen LogP contribution in [0, 0.1) is 0 Å². The molecule has 0 radical (unpaired) electrons. The van der Waals surface area contributed by atoms with Gasteiger partial charge < -0.3 is 0 Å². The normalized spacial score (nSPS) is 18.4. The summed E-state index contributed by atoms with van der Waals surface area (Å²) in [5.74, 6) is 0.624. The summed E-state index contributed by atoms with van der Waals surface area (Å²) in [6, 6.07) is 15.5. The zero-order chi connectivity index (χ0) is 20.4. The van der Waals surface area contributed by atoms with Gasteiger partial charge in [0.05, 0.1) is 0 Å². The van der Waals surface area contributed by atoms with E-state index in [0.29, 0.717) is 25.7 Å². The molecule has 150 valence electrons. The van der Waals surface area contributed by atoms with Gasteiger partial charge in [0.2, 0.25) is 0 Å². The molecular weight excluding hydrogens is 451 g/mol. The molecule has 1 saturated heterocycles. The van der Waals surface area contributed by atoms with E-state index in [9.17, 15) is 4.79 Å². The summed E-state index contributed by atoms with van der Waals surface area (Å²) in [6.45, 7) is 1.89. The van der Waals surface area contributed by atoms with Crippen LogP contribution in [0.5, 0.6) is 0 Å². The second-order valence-electron chi connectivity index (χ2n) is 7.14. The first-order chi connectivity index (χ1) is 14.0. The molecule has 2 aliphatic heterocycles. The summed E-state index contributed by atoms with van der Waals surface area (Å²) < 4.78 is 0. The quantitative estimate of drug-likeness (QED) is 0.499. The Morgan fingerprint density at radius 2 is 1.69 bits per heavy atom. The second kappa shape index (κ2) is 8.62. The van der Waals surface area contributed by atoms with Crippen LogP contribution in [0.2, 0.25) is 15.7 Å². The molecule has 0 aromatic heterocycles. The molecular formula is C22H23ClN4OSe. The van der Waals surface area contributed by atoms with Gasteiger partial charge in [-0.3, -0.25) is 0 Å². The Morgan fingerprint density at radius 1 is 1.03 bits per heavy atom. The molecule has 2 aliphatic rings. The first kappa shape index (κ1) is 20.0. The summed E-state index contributed by atoms with van der Waals surface area (Å²) in [5.41, 5.74) is 3.33. The maximum atomic E-state index is 13.3. The molecule has 7 heteroatoms. The van der Waals surface area contributed by atoms with Crippen LogP contribution in [0.1, 0.15) is 5.56 Å². The van der Waals surface area contributed by atoms with E-state index in [1.807, 2.05) is 73.6 Å². The van der Waals surface area contributed by atoms with E-state index in [4.69, 9.17) is 16.6 Å². The van der Waals surface area contributed by atoms with Crippen LogP contribution in [-0.2, 0) is 4.79 Å². The van der Waals surface area contributed by atoms with E-state index in [1.54, 1.807) is 4.90 Å². The Hall–Kier alpha value is -2.27. The van der Waals surface area contributed by atoms with Crippen molar-refractivity contribution in [3.05, 3.63) is 64.8 Å². The van der Waals surface area contributed by atoms with Gasteiger partial charge in [-0.25, -0.2) is 0 Å². The molecule has 0 bridgehead atoms. The van der Waals surface area contributed by atoms with Gasteiger partial charge in [-0.1, -0.05) is 0 Å². The number of rotatable bonds is 3. The van der Waals surface area contributed by atoms with Gasteiger partial charge in [0, 0.05) is 14.1 Å². The molecule has 0 atom stereocenters. The molecule has 0 saturated carbocycles. The topological polar surface area (TPSA) is 39.1 Å². The third kappa shape index (κ3) is 4.35. The summed E-state index contributed by atoms with van der Waals surface area (Å²) in [7, 11) is 4.02. The van der Waals surface area contributed by atoms with Crippen LogP contribution in [0.15, 0.2) is 59.2 Å². The van der Waals surface area contributed by atoms with Gasteiger partial charge in [0.15, 0.2) is 0 Å². The Bertz CT molecular complexity index is 948. The van der Waals surface area contributed by atoms with Crippen molar-refractivity contribution in [3.8, 4) is 0 Å². The van der Waals surface area contributed by atoms with E-state index in [0.717, 1.165) is 36.0 Å². The van der Waals surface area contributed by atoms with Crippen molar-refractivity contribution in [2.45, 2.75) is 10.6 Å². The number of benzene rings is 2. The van der Waals surface area contributed by atoms with E-state index < -0.39 is 0 Å². The van der Waals surface area contributed by atoms with Gasteiger partial charge in [0.25, 0.3) is 0 Å². The number of carbonyl (C=O) groups is 1. The number of hydrogen-bond acceptors (Lipinski definition) is 4. The van der Waals surface area contributed by atoms with E-state index in [-0.39, 0.29) is 5.91 Å². The molecule has 2 aromatic carbocycles. The van der Waals surface area contributed by atoms with Gasteiger partial charge >= 0.3 is 169 Å². The average Bonchev–Trinajstić information content (AvgIpc) is 3.06. The third-order valence-electron chi connectivity index (χ3n) is 4.93. The molecule has 0 unspecified atom stereocenters. The predicted octanol–water partition coefficient (Wildman–Crippen LogP) is 4.01. The second-order valence-corrected chi connectivity index (χ2v) is 10.1. The molecule has 2 aromatic rings. The third-order valence-corrected chi connectivity index (χ3v) is 7.16. The van der Waals surface area contributed by atoms with Crippen LogP contribution >= 0.6 is 11.6 Å². The number of nitrogens with zero attached hydrogens (tertiary/aromatic N) is 4. The number of aliphatic imine (C=N–C) groups is 1. The number of carbonyl (C=O) groups excluding carboxylic acids is 1. The van der Waals surface area contributed by atoms with Crippen LogP contribution in [0.3, 0.4) is 0 Å². The molecule has 0 N–H and O–H groups in total. The van der Waals surface area contributed by atoms with Crippen molar-refractivity contribution in [3.63, 3.8) is 0 Å². The minimum absolute atomic E-state index is 0.102. The molecule has 29 heavy (non-hydrogen) atoms. The van der Waals surface area contributed by atoms with E-state index in [1.165, 1.54) is 10.6 Å². The molecule has 0 spiro atoms. The van der Waals surface area contributed by atoms with Crippen LogP contribution < -0.4 is 9.80 Å². The number of hydrogen-bond donors (Lipinski definition) is 0. The number of amides is 1. The Labute approximate surface area is 182 Å². The fourth-order valence-corrected chi connectivity index (χ4v) is 5.35. The number of anilines is 2. The Kier molecular flexibility index (Phi) is 5.95. The minimum atomic E-state index is -0.102. The van der Waals surface area contributed by atoms with Gasteiger partial charge in [-0.05, 0) is 0 Å². The first-order valence-corrected chi connectivity index (χ1v) is 12.3. The van der Waals surface area contributed by atoms with Gasteiger partial charge in [-0.2, -0.15) is 0 Å². The monoisotopic (exact) mass is 474 g/mol. The van der Waals surface area contributed by atoms with Crippen molar-refractivity contribution in [1.82, 2.24) is 4.90 Å². The molecule has 1 fully saturated rings. The van der Waals surface area contributed by atoms with Crippen LogP contribution in [0.25, 0.3) is 6.08 Å². The van der Waals surface area contributed by atoms with Crippen molar-refractivity contribution < 1.29 is 4.79 Å². The first-order valence-electron chi connectivity index (χ1n) is 9.53. The SMILES string of the molecule is CN(C)c1ccc(/C=C2\N=C(N3CC[Se]CC3)N(c3ccc(Cl)cc3)C2=O)cc1. The van der Waals surface area contributed by atoms with Crippen molar-refractivity contribution in [2.24, 2.45) is 4.99 Å². The van der Waals surface area contributed by atoms with Crippen molar-refractivity contribution in [1.29, 1.82) is 0 Å². The van der Waals surface area contributed by atoms with Crippen LogP contribution in [0.4, 0.5) is 11.4 Å². The van der Waals surface area contributed by atoms with Crippen LogP contribution in [-0.4, -0.2) is 58.9 Å².